The summed E-state index contributed by atoms with van der Waals surface area (Å²) in [5.41, 5.74) is 5.33. The zero-order chi connectivity index (χ0) is 21.3. The standard InChI is InChI=1S/C25H43NO3/c1-21(2)16-14-12-10-8-6-4-3-5-7-9-11-13-15-19-29-22-17-18-24(27)23(20-22)25(26)28/h17-18,20-21,27H,3-16,19H2,1-2H3,(H2,26,28). The van der Waals surface area contributed by atoms with E-state index in [2.05, 4.69) is 13.8 Å². The van der Waals surface area contributed by atoms with Crippen LogP contribution in [-0.4, -0.2) is 17.6 Å². The van der Waals surface area contributed by atoms with Gasteiger partial charge in [0, 0.05) is 0 Å². The Kier molecular flexibility index (Phi) is 14.1. The highest BCUT2D eigenvalue weighted by atomic mass is 16.5. The second kappa shape index (κ2) is 16.1. The van der Waals surface area contributed by atoms with Crippen molar-refractivity contribution in [2.24, 2.45) is 11.7 Å². The van der Waals surface area contributed by atoms with Crippen LogP contribution < -0.4 is 10.5 Å². The number of hydrogen-bond acceptors (Lipinski definition) is 3. The minimum Gasteiger partial charge on any atom is -0.507 e. The van der Waals surface area contributed by atoms with E-state index in [1.165, 1.54) is 89.2 Å². The van der Waals surface area contributed by atoms with Crippen molar-refractivity contribution in [1.29, 1.82) is 0 Å². The molecule has 1 aromatic carbocycles. The molecule has 0 bridgehead atoms. The van der Waals surface area contributed by atoms with E-state index in [1.807, 2.05) is 0 Å². The molecular formula is C25H43NO3. The molecule has 0 heterocycles. The number of unbranched alkanes of at least 4 members (excludes halogenated alkanes) is 12. The summed E-state index contributed by atoms with van der Waals surface area (Å²) in [7, 11) is 0. The highest BCUT2D eigenvalue weighted by Crippen LogP contribution is 2.23. The molecule has 4 nitrogen and oxygen atoms in total. The molecule has 0 saturated carbocycles. The Morgan fingerprint density at radius 3 is 1.83 bits per heavy atom. The molecule has 0 aromatic heterocycles. The number of amides is 1. The van der Waals surface area contributed by atoms with Gasteiger partial charge in [0.2, 0.25) is 0 Å². The molecule has 1 aromatic rings. The quantitative estimate of drug-likeness (QED) is 0.259. The van der Waals surface area contributed by atoms with Crippen LogP contribution in [0.4, 0.5) is 0 Å². The molecule has 166 valence electrons. The normalized spacial score (nSPS) is 11.1. The number of ether oxygens (including phenoxy) is 1. The molecule has 0 saturated heterocycles. The maximum absolute atomic E-state index is 11.2. The largest absolute Gasteiger partial charge is 0.507 e. The Labute approximate surface area is 178 Å². The van der Waals surface area contributed by atoms with E-state index in [4.69, 9.17) is 10.5 Å². The predicted molar refractivity (Wildman–Crippen MR) is 122 cm³/mol. The Hall–Kier alpha value is -1.71. The maximum Gasteiger partial charge on any atom is 0.252 e. The number of primary amides is 1. The molecule has 1 amide bonds. The monoisotopic (exact) mass is 405 g/mol. The number of carbonyl (C=O) groups is 1. The first kappa shape index (κ1) is 25.3. The Balaban J connectivity index is 1.87. The topological polar surface area (TPSA) is 72.6 Å². The lowest BCUT2D eigenvalue weighted by Crippen LogP contribution is -2.11. The molecule has 0 aliphatic carbocycles. The van der Waals surface area contributed by atoms with Crippen molar-refractivity contribution in [3.05, 3.63) is 23.8 Å². The fourth-order valence-electron chi connectivity index (χ4n) is 3.59. The number of benzene rings is 1. The molecule has 0 aliphatic heterocycles. The fraction of sp³-hybridized carbons (Fsp3) is 0.720. The van der Waals surface area contributed by atoms with Gasteiger partial charge >= 0.3 is 0 Å². The van der Waals surface area contributed by atoms with Gasteiger partial charge in [0.05, 0.1) is 12.2 Å². The van der Waals surface area contributed by atoms with Crippen LogP contribution in [0.2, 0.25) is 0 Å². The first-order valence-electron chi connectivity index (χ1n) is 11.8. The van der Waals surface area contributed by atoms with E-state index in [1.54, 1.807) is 6.07 Å². The van der Waals surface area contributed by atoms with Gasteiger partial charge in [-0.2, -0.15) is 0 Å². The van der Waals surface area contributed by atoms with E-state index in [9.17, 15) is 9.90 Å². The molecule has 0 fully saturated rings. The first-order valence-corrected chi connectivity index (χ1v) is 11.8. The molecule has 0 unspecified atom stereocenters. The van der Waals surface area contributed by atoms with Gasteiger partial charge in [-0.05, 0) is 30.5 Å². The zero-order valence-electron chi connectivity index (χ0n) is 18.8. The molecular weight excluding hydrogens is 362 g/mol. The number of phenols is 1. The molecule has 29 heavy (non-hydrogen) atoms. The van der Waals surface area contributed by atoms with Gasteiger partial charge in [0.15, 0.2) is 0 Å². The zero-order valence-corrected chi connectivity index (χ0v) is 18.8. The van der Waals surface area contributed by atoms with Crippen LogP contribution in [0.1, 0.15) is 114 Å². The van der Waals surface area contributed by atoms with Crippen molar-refractivity contribution < 1.29 is 14.6 Å². The lowest BCUT2D eigenvalue weighted by molar-refractivity contribution is 0.0997. The van der Waals surface area contributed by atoms with E-state index in [-0.39, 0.29) is 11.3 Å². The van der Waals surface area contributed by atoms with E-state index >= 15 is 0 Å². The second-order valence-corrected chi connectivity index (χ2v) is 8.67. The predicted octanol–water partition coefficient (Wildman–Crippen LogP) is 6.99. The smallest absolute Gasteiger partial charge is 0.252 e. The molecule has 4 heteroatoms. The summed E-state index contributed by atoms with van der Waals surface area (Å²) in [5, 5.41) is 9.57. The van der Waals surface area contributed by atoms with E-state index < -0.39 is 5.91 Å². The van der Waals surface area contributed by atoms with Gasteiger partial charge in [0.25, 0.3) is 5.91 Å². The molecule has 1 rings (SSSR count). The number of rotatable bonds is 18. The molecule has 0 radical (unpaired) electrons. The van der Waals surface area contributed by atoms with Gasteiger partial charge in [0.1, 0.15) is 11.5 Å². The van der Waals surface area contributed by atoms with Crippen molar-refractivity contribution in [2.45, 2.75) is 104 Å². The molecule has 3 N–H and O–H groups in total. The number of aromatic hydroxyl groups is 1. The van der Waals surface area contributed by atoms with Crippen molar-refractivity contribution in [2.75, 3.05) is 6.61 Å². The number of carbonyl (C=O) groups excluding carboxylic acids is 1. The summed E-state index contributed by atoms with van der Waals surface area (Å²) in [5.74, 6) is 0.691. The summed E-state index contributed by atoms with van der Waals surface area (Å²) in [6.45, 7) is 5.25. The number of hydrogen-bond donors (Lipinski definition) is 2. The van der Waals surface area contributed by atoms with Crippen molar-refractivity contribution in [3.63, 3.8) is 0 Å². The van der Waals surface area contributed by atoms with Crippen LogP contribution >= 0.6 is 0 Å². The average molecular weight is 406 g/mol. The van der Waals surface area contributed by atoms with Gasteiger partial charge < -0.3 is 15.6 Å². The third-order valence-electron chi connectivity index (χ3n) is 5.43. The van der Waals surface area contributed by atoms with E-state index in [0.717, 1.165) is 18.8 Å². The van der Waals surface area contributed by atoms with Crippen LogP contribution in [-0.2, 0) is 0 Å². The lowest BCUT2D eigenvalue weighted by Gasteiger charge is -2.08. The van der Waals surface area contributed by atoms with Crippen LogP contribution in [0, 0.1) is 5.92 Å². The second-order valence-electron chi connectivity index (χ2n) is 8.67. The summed E-state index contributed by atoms with van der Waals surface area (Å²) in [6.07, 6.45) is 18.7. The molecule has 0 aliphatic rings. The average Bonchev–Trinajstić information content (AvgIpc) is 2.68. The summed E-state index contributed by atoms with van der Waals surface area (Å²) >= 11 is 0. The molecule has 0 atom stereocenters. The first-order chi connectivity index (χ1) is 14.0. The highest BCUT2D eigenvalue weighted by Gasteiger charge is 2.08. The third kappa shape index (κ3) is 13.2. The Morgan fingerprint density at radius 2 is 1.34 bits per heavy atom. The van der Waals surface area contributed by atoms with Crippen molar-refractivity contribution >= 4 is 5.91 Å². The van der Waals surface area contributed by atoms with Crippen molar-refractivity contribution in [3.8, 4) is 11.5 Å². The van der Waals surface area contributed by atoms with Crippen LogP contribution in [0.3, 0.4) is 0 Å². The van der Waals surface area contributed by atoms with Gasteiger partial charge in [-0.3, -0.25) is 4.79 Å². The third-order valence-corrected chi connectivity index (χ3v) is 5.43. The maximum atomic E-state index is 11.2. The van der Waals surface area contributed by atoms with Gasteiger partial charge in [-0.1, -0.05) is 97.3 Å². The molecule has 0 spiro atoms. The highest BCUT2D eigenvalue weighted by molar-refractivity contribution is 5.95. The minimum absolute atomic E-state index is 0.105. The summed E-state index contributed by atoms with van der Waals surface area (Å²) < 4.78 is 5.65. The van der Waals surface area contributed by atoms with E-state index in [0.29, 0.717) is 12.4 Å². The van der Waals surface area contributed by atoms with Crippen LogP contribution in [0.25, 0.3) is 0 Å². The summed E-state index contributed by atoms with van der Waals surface area (Å²) in [6, 6.07) is 4.61. The minimum atomic E-state index is -0.644. The Morgan fingerprint density at radius 1 is 0.862 bits per heavy atom. The lowest BCUT2D eigenvalue weighted by atomic mass is 10.0. The Bertz CT molecular complexity index is 557. The van der Waals surface area contributed by atoms with Crippen LogP contribution in [0.5, 0.6) is 11.5 Å². The van der Waals surface area contributed by atoms with Crippen LogP contribution in [0.15, 0.2) is 18.2 Å². The fourth-order valence-corrected chi connectivity index (χ4v) is 3.59. The van der Waals surface area contributed by atoms with Gasteiger partial charge in [-0.15, -0.1) is 0 Å². The number of nitrogens with two attached hydrogens (primary N) is 1. The van der Waals surface area contributed by atoms with Gasteiger partial charge in [-0.25, -0.2) is 0 Å². The van der Waals surface area contributed by atoms with Crippen molar-refractivity contribution in [1.82, 2.24) is 0 Å². The SMILES string of the molecule is CC(C)CCCCCCCCCCCCCCCOc1ccc(O)c(C(N)=O)c1. The summed E-state index contributed by atoms with van der Waals surface area (Å²) in [4.78, 5) is 11.2.